The standard InChI is InChI=1S/C9H16O2.H3N/c1-6(2)8(5)11-9(10)7(3)4;/h6,8H,3H2,1-2,4-5H3;1H3. The molecule has 0 aliphatic heterocycles. The molecule has 1 unspecified atom stereocenters. The van der Waals surface area contributed by atoms with Crippen molar-refractivity contribution in [1.29, 1.82) is 0 Å². The summed E-state index contributed by atoms with van der Waals surface area (Å²) in [5, 5.41) is 0. The Morgan fingerprint density at radius 2 is 1.75 bits per heavy atom. The van der Waals surface area contributed by atoms with Gasteiger partial charge in [-0.25, -0.2) is 4.79 Å². The fraction of sp³-hybridized carbons (Fsp3) is 0.667. The molecule has 0 heterocycles. The minimum Gasteiger partial charge on any atom is -0.459 e. The molecule has 3 N–H and O–H groups in total. The molecule has 0 amide bonds. The summed E-state index contributed by atoms with van der Waals surface area (Å²) in [4.78, 5) is 10.9. The molecule has 3 heteroatoms. The van der Waals surface area contributed by atoms with Crippen LogP contribution in [-0.4, -0.2) is 12.1 Å². The molecule has 0 aromatic rings. The highest BCUT2D eigenvalue weighted by Crippen LogP contribution is 2.07. The summed E-state index contributed by atoms with van der Waals surface area (Å²) in [7, 11) is 0. The van der Waals surface area contributed by atoms with Crippen molar-refractivity contribution in [3.8, 4) is 0 Å². The van der Waals surface area contributed by atoms with E-state index in [-0.39, 0.29) is 18.2 Å². The summed E-state index contributed by atoms with van der Waals surface area (Å²) in [6.07, 6.45) is -0.0285. The van der Waals surface area contributed by atoms with E-state index in [1.165, 1.54) is 0 Å². The number of carbonyl (C=O) groups excluding carboxylic acids is 1. The third-order valence-electron chi connectivity index (χ3n) is 1.58. The van der Waals surface area contributed by atoms with Gasteiger partial charge < -0.3 is 10.9 Å². The van der Waals surface area contributed by atoms with Gasteiger partial charge in [0.15, 0.2) is 0 Å². The maximum Gasteiger partial charge on any atom is 0.333 e. The molecule has 0 saturated heterocycles. The van der Waals surface area contributed by atoms with Crippen LogP contribution in [0.2, 0.25) is 0 Å². The second-order valence-corrected chi connectivity index (χ2v) is 3.13. The van der Waals surface area contributed by atoms with Crippen LogP contribution in [0.4, 0.5) is 0 Å². The third-order valence-corrected chi connectivity index (χ3v) is 1.58. The molecule has 0 aliphatic carbocycles. The quantitative estimate of drug-likeness (QED) is 0.526. The summed E-state index contributed by atoms with van der Waals surface area (Å²) in [6.45, 7) is 11.0. The molecule has 3 nitrogen and oxygen atoms in total. The van der Waals surface area contributed by atoms with Gasteiger partial charge in [-0.15, -0.1) is 0 Å². The summed E-state index contributed by atoms with van der Waals surface area (Å²) >= 11 is 0. The molecule has 0 spiro atoms. The molecule has 0 aromatic carbocycles. The summed E-state index contributed by atoms with van der Waals surface area (Å²) in [5.41, 5.74) is 0.456. The Kier molecular flexibility index (Phi) is 6.61. The second kappa shape index (κ2) is 5.77. The number of esters is 1. The molecular formula is C9H19NO2. The average molecular weight is 173 g/mol. The smallest absolute Gasteiger partial charge is 0.333 e. The molecule has 1 atom stereocenters. The first-order valence-corrected chi connectivity index (χ1v) is 3.81. The molecule has 12 heavy (non-hydrogen) atoms. The Hall–Kier alpha value is -0.830. The largest absolute Gasteiger partial charge is 0.459 e. The molecule has 0 aliphatic rings. The third kappa shape index (κ3) is 4.91. The predicted molar refractivity (Wildman–Crippen MR) is 50.2 cm³/mol. The van der Waals surface area contributed by atoms with E-state index in [1.54, 1.807) is 6.92 Å². The molecule has 0 aromatic heterocycles. The molecule has 72 valence electrons. The van der Waals surface area contributed by atoms with Gasteiger partial charge in [0.05, 0.1) is 0 Å². The first kappa shape index (κ1) is 13.7. The predicted octanol–water partition coefficient (Wildman–Crippen LogP) is 2.31. The molecule has 0 bridgehead atoms. The van der Waals surface area contributed by atoms with E-state index in [2.05, 4.69) is 6.58 Å². The minimum absolute atomic E-state index is 0. The van der Waals surface area contributed by atoms with Gasteiger partial charge in [0.25, 0.3) is 0 Å². The van der Waals surface area contributed by atoms with Gasteiger partial charge >= 0.3 is 5.97 Å². The number of rotatable bonds is 3. The van der Waals surface area contributed by atoms with Crippen LogP contribution in [-0.2, 0) is 9.53 Å². The zero-order valence-electron chi connectivity index (χ0n) is 8.39. The summed E-state index contributed by atoms with van der Waals surface area (Å²) in [5.74, 6) is 0.0597. The van der Waals surface area contributed by atoms with E-state index in [4.69, 9.17) is 4.74 Å². The molecule has 0 rings (SSSR count). The van der Waals surface area contributed by atoms with E-state index in [0.717, 1.165) is 0 Å². The normalized spacial score (nSPS) is 11.8. The zero-order chi connectivity index (χ0) is 9.02. The number of hydrogen-bond donors (Lipinski definition) is 1. The summed E-state index contributed by atoms with van der Waals surface area (Å²) < 4.78 is 5.03. The van der Waals surface area contributed by atoms with Crippen LogP contribution in [0.15, 0.2) is 12.2 Å². The Labute approximate surface area is 74.4 Å². The van der Waals surface area contributed by atoms with Crippen molar-refractivity contribution in [2.75, 3.05) is 0 Å². The van der Waals surface area contributed by atoms with Gasteiger partial charge in [-0.2, -0.15) is 0 Å². The van der Waals surface area contributed by atoms with E-state index in [9.17, 15) is 4.79 Å². The van der Waals surface area contributed by atoms with Crippen molar-refractivity contribution >= 4 is 5.97 Å². The van der Waals surface area contributed by atoms with Crippen LogP contribution >= 0.6 is 0 Å². The van der Waals surface area contributed by atoms with Crippen LogP contribution in [0.3, 0.4) is 0 Å². The lowest BCUT2D eigenvalue weighted by Crippen LogP contribution is -2.20. The van der Waals surface area contributed by atoms with Gasteiger partial charge in [-0.1, -0.05) is 20.4 Å². The van der Waals surface area contributed by atoms with E-state index >= 15 is 0 Å². The Morgan fingerprint density at radius 3 is 2.00 bits per heavy atom. The fourth-order valence-corrected chi connectivity index (χ4v) is 0.406. The monoisotopic (exact) mass is 173 g/mol. The number of hydrogen-bond acceptors (Lipinski definition) is 3. The van der Waals surface area contributed by atoms with Gasteiger partial charge in [0.1, 0.15) is 6.10 Å². The maximum atomic E-state index is 10.9. The Balaban J connectivity index is 0. The van der Waals surface area contributed by atoms with Crippen molar-refractivity contribution in [2.45, 2.75) is 33.8 Å². The lowest BCUT2D eigenvalue weighted by Gasteiger charge is -2.16. The van der Waals surface area contributed by atoms with Crippen molar-refractivity contribution in [3.63, 3.8) is 0 Å². The highest BCUT2D eigenvalue weighted by Gasteiger charge is 2.12. The molecule has 0 radical (unpaired) electrons. The minimum atomic E-state index is -0.300. The first-order valence-electron chi connectivity index (χ1n) is 3.81. The number of carbonyl (C=O) groups is 1. The second-order valence-electron chi connectivity index (χ2n) is 3.13. The lowest BCUT2D eigenvalue weighted by molar-refractivity contribution is -0.145. The van der Waals surface area contributed by atoms with Gasteiger partial charge in [0.2, 0.25) is 0 Å². The van der Waals surface area contributed by atoms with E-state index in [0.29, 0.717) is 11.5 Å². The average Bonchev–Trinajstić information content (AvgIpc) is 1.87. The lowest BCUT2D eigenvalue weighted by atomic mass is 10.1. The van der Waals surface area contributed by atoms with Crippen LogP contribution in [0.25, 0.3) is 0 Å². The first-order chi connectivity index (χ1) is 4.95. The Morgan fingerprint density at radius 1 is 1.33 bits per heavy atom. The topological polar surface area (TPSA) is 61.3 Å². The molecular weight excluding hydrogens is 154 g/mol. The number of ether oxygens (including phenoxy) is 1. The Bertz CT molecular complexity index is 164. The van der Waals surface area contributed by atoms with Crippen molar-refractivity contribution in [1.82, 2.24) is 6.15 Å². The van der Waals surface area contributed by atoms with E-state index < -0.39 is 0 Å². The highest BCUT2D eigenvalue weighted by atomic mass is 16.5. The SMILES string of the molecule is C=C(C)C(=O)OC(C)C(C)C.N. The van der Waals surface area contributed by atoms with E-state index in [1.807, 2.05) is 20.8 Å². The van der Waals surface area contributed by atoms with Crippen molar-refractivity contribution in [3.05, 3.63) is 12.2 Å². The molecule has 0 saturated carbocycles. The van der Waals surface area contributed by atoms with Crippen LogP contribution in [0.5, 0.6) is 0 Å². The van der Waals surface area contributed by atoms with Crippen LogP contribution in [0.1, 0.15) is 27.7 Å². The summed E-state index contributed by atoms with van der Waals surface area (Å²) in [6, 6.07) is 0. The van der Waals surface area contributed by atoms with Gasteiger partial charge in [-0.05, 0) is 19.8 Å². The van der Waals surface area contributed by atoms with Crippen molar-refractivity contribution < 1.29 is 9.53 Å². The van der Waals surface area contributed by atoms with Crippen LogP contribution in [0, 0.1) is 5.92 Å². The fourth-order valence-electron chi connectivity index (χ4n) is 0.406. The zero-order valence-corrected chi connectivity index (χ0v) is 8.39. The van der Waals surface area contributed by atoms with Gasteiger partial charge in [0, 0.05) is 5.57 Å². The molecule has 0 fully saturated rings. The van der Waals surface area contributed by atoms with Crippen LogP contribution < -0.4 is 6.15 Å². The maximum absolute atomic E-state index is 10.9. The highest BCUT2D eigenvalue weighted by molar-refractivity contribution is 5.87. The van der Waals surface area contributed by atoms with Crippen molar-refractivity contribution in [2.24, 2.45) is 5.92 Å². The van der Waals surface area contributed by atoms with Gasteiger partial charge in [-0.3, -0.25) is 0 Å².